The first-order valence-corrected chi connectivity index (χ1v) is 8.60. The van der Waals surface area contributed by atoms with Crippen molar-refractivity contribution in [2.45, 2.75) is 31.3 Å². The van der Waals surface area contributed by atoms with E-state index in [-0.39, 0.29) is 16.1 Å². The van der Waals surface area contributed by atoms with E-state index in [2.05, 4.69) is 31.0 Å². The largest absolute Gasteiger partial charge is 0.452 e. The first-order valence-electron chi connectivity index (χ1n) is 6.32. The summed E-state index contributed by atoms with van der Waals surface area (Å²) in [6.45, 7) is 2.36. The molecule has 0 spiro atoms. The Morgan fingerprint density at radius 1 is 1.29 bits per heavy atom. The van der Waals surface area contributed by atoms with Crippen LogP contribution in [0.3, 0.4) is 0 Å². The number of nitrogens with zero attached hydrogens (tertiary/aromatic N) is 1. The van der Waals surface area contributed by atoms with Gasteiger partial charge in [-0.05, 0) is 23.0 Å². The molecule has 0 radical (unpaired) electrons. The molecule has 0 aliphatic rings. The number of sulfonamides is 1. The molecule has 0 bridgehead atoms. The molecule has 2 aromatic rings. The summed E-state index contributed by atoms with van der Waals surface area (Å²) in [6, 6.07) is 1.47. The third-order valence-electron chi connectivity index (χ3n) is 2.71. The Kier molecular flexibility index (Phi) is 5.20. The van der Waals surface area contributed by atoms with Gasteiger partial charge in [0.15, 0.2) is 4.67 Å². The van der Waals surface area contributed by atoms with Crippen molar-refractivity contribution in [2.75, 3.05) is 7.05 Å². The van der Waals surface area contributed by atoms with Crippen molar-refractivity contribution in [3.63, 3.8) is 0 Å². The van der Waals surface area contributed by atoms with Gasteiger partial charge in [0, 0.05) is 12.5 Å². The molecule has 0 aliphatic carbocycles. The summed E-state index contributed by atoms with van der Waals surface area (Å²) in [5, 5.41) is 2.89. The van der Waals surface area contributed by atoms with Crippen LogP contribution < -0.4 is 10.0 Å². The van der Waals surface area contributed by atoms with Crippen LogP contribution in [-0.4, -0.2) is 20.4 Å². The fraction of sp³-hybridized carbons (Fsp3) is 0.417. The highest BCUT2D eigenvalue weighted by Crippen LogP contribution is 2.26. The van der Waals surface area contributed by atoms with Gasteiger partial charge >= 0.3 is 0 Å². The number of furan rings is 1. The zero-order valence-corrected chi connectivity index (χ0v) is 14.0. The zero-order chi connectivity index (χ0) is 15.5. The molecule has 0 saturated heterocycles. The summed E-state index contributed by atoms with van der Waals surface area (Å²) >= 11 is 3.11. The maximum absolute atomic E-state index is 12.2. The minimum absolute atomic E-state index is 0.0126. The summed E-state index contributed by atoms with van der Waals surface area (Å²) in [7, 11) is -1.96. The zero-order valence-electron chi connectivity index (χ0n) is 11.6. The number of halogens is 1. The number of hydrogen-bond donors (Lipinski definition) is 2. The lowest BCUT2D eigenvalue weighted by molar-refractivity contribution is 0.451. The molecule has 2 rings (SSSR count). The molecule has 116 valence electrons. The average Bonchev–Trinajstić information content (AvgIpc) is 3.04. The van der Waals surface area contributed by atoms with Crippen LogP contribution in [0.15, 0.2) is 30.7 Å². The molecule has 0 aromatic carbocycles. The molecule has 0 fully saturated rings. The van der Waals surface area contributed by atoms with E-state index in [9.17, 15) is 8.42 Å². The van der Waals surface area contributed by atoms with Crippen molar-refractivity contribution >= 4 is 26.0 Å². The van der Waals surface area contributed by atoms with Crippen LogP contribution in [0, 0.1) is 0 Å². The average molecular weight is 378 g/mol. The highest BCUT2D eigenvalue weighted by atomic mass is 79.9. The maximum Gasteiger partial charge on any atom is 0.245 e. The van der Waals surface area contributed by atoms with Gasteiger partial charge in [-0.25, -0.2) is 18.1 Å². The summed E-state index contributed by atoms with van der Waals surface area (Å²) in [5.74, 6) is 1.56. The van der Waals surface area contributed by atoms with Crippen molar-refractivity contribution in [1.82, 2.24) is 15.0 Å². The summed E-state index contributed by atoms with van der Waals surface area (Å²) in [6.07, 6.45) is 2.29. The lowest BCUT2D eigenvalue weighted by Crippen LogP contribution is -2.23. The number of oxazole rings is 1. The predicted octanol–water partition coefficient (Wildman–Crippen LogP) is 1.79. The lowest BCUT2D eigenvalue weighted by Gasteiger charge is -2.02. The molecule has 9 heteroatoms. The van der Waals surface area contributed by atoms with Gasteiger partial charge in [0.1, 0.15) is 16.4 Å². The highest BCUT2D eigenvalue weighted by Gasteiger charge is 2.22. The van der Waals surface area contributed by atoms with Crippen molar-refractivity contribution in [3.8, 4) is 0 Å². The predicted molar refractivity (Wildman–Crippen MR) is 79.1 cm³/mol. The van der Waals surface area contributed by atoms with Crippen molar-refractivity contribution in [3.05, 3.63) is 34.3 Å². The van der Waals surface area contributed by atoms with Crippen LogP contribution in [0.1, 0.15) is 24.3 Å². The maximum atomic E-state index is 12.2. The summed E-state index contributed by atoms with van der Waals surface area (Å²) < 4.78 is 37.7. The smallest absolute Gasteiger partial charge is 0.245 e. The van der Waals surface area contributed by atoms with Crippen LogP contribution in [0.2, 0.25) is 0 Å². The third-order valence-corrected chi connectivity index (χ3v) is 4.97. The number of hydrogen-bond acceptors (Lipinski definition) is 6. The molecular formula is C12H16BrN3O4S. The van der Waals surface area contributed by atoms with E-state index in [1.165, 1.54) is 6.07 Å². The van der Waals surface area contributed by atoms with Crippen LogP contribution >= 0.6 is 15.9 Å². The van der Waals surface area contributed by atoms with E-state index >= 15 is 0 Å². The lowest BCUT2D eigenvalue weighted by atomic mass is 10.4. The molecular weight excluding hydrogens is 362 g/mol. The van der Waals surface area contributed by atoms with E-state index in [1.54, 1.807) is 13.2 Å². The van der Waals surface area contributed by atoms with Gasteiger partial charge in [-0.1, -0.05) is 6.92 Å². The third kappa shape index (κ3) is 3.94. The van der Waals surface area contributed by atoms with Crippen molar-refractivity contribution in [2.24, 2.45) is 0 Å². The van der Waals surface area contributed by atoms with E-state index in [0.717, 1.165) is 0 Å². The van der Waals surface area contributed by atoms with Gasteiger partial charge in [0.25, 0.3) is 0 Å². The fourth-order valence-corrected chi connectivity index (χ4v) is 3.64. The van der Waals surface area contributed by atoms with Gasteiger partial charge < -0.3 is 14.2 Å². The molecule has 2 heterocycles. The van der Waals surface area contributed by atoms with Gasteiger partial charge in [-0.15, -0.1) is 0 Å². The summed E-state index contributed by atoms with van der Waals surface area (Å²) in [4.78, 5) is 4.05. The van der Waals surface area contributed by atoms with Crippen LogP contribution in [-0.2, 0) is 29.5 Å². The Hall–Kier alpha value is -1.16. The van der Waals surface area contributed by atoms with Gasteiger partial charge in [0.2, 0.25) is 15.9 Å². The normalized spacial score (nSPS) is 12.0. The van der Waals surface area contributed by atoms with E-state index in [1.807, 2.05) is 6.92 Å². The Morgan fingerprint density at radius 3 is 2.67 bits per heavy atom. The number of nitrogens with one attached hydrogen (secondary N) is 2. The fourth-order valence-electron chi connectivity index (χ4n) is 1.67. The number of aromatic nitrogens is 1. The van der Waals surface area contributed by atoms with Gasteiger partial charge in [0.05, 0.1) is 19.3 Å². The van der Waals surface area contributed by atoms with Crippen molar-refractivity contribution < 1.29 is 17.3 Å². The Morgan fingerprint density at radius 2 is 2.05 bits per heavy atom. The molecule has 0 saturated carbocycles. The molecule has 21 heavy (non-hydrogen) atoms. The molecule has 2 N–H and O–H groups in total. The Balaban J connectivity index is 2.10. The second-order valence-electron chi connectivity index (χ2n) is 4.28. The first-order chi connectivity index (χ1) is 9.96. The van der Waals surface area contributed by atoms with Crippen LogP contribution in [0.4, 0.5) is 0 Å². The first kappa shape index (κ1) is 16.2. The monoisotopic (exact) mass is 377 g/mol. The molecule has 0 aliphatic heterocycles. The molecule has 0 atom stereocenters. The second-order valence-corrected chi connectivity index (χ2v) is 6.74. The summed E-state index contributed by atoms with van der Waals surface area (Å²) in [5.41, 5.74) is 0. The minimum Gasteiger partial charge on any atom is -0.452 e. The SMILES string of the molecule is CCc1cnc(CNS(=O)(=O)c2cc(CNC)oc2Br)o1. The minimum atomic E-state index is -3.70. The molecule has 0 unspecified atom stereocenters. The Labute approximate surface area is 131 Å². The van der Waals surface area contributed by atoms with Crippen LogP contribution in [0.25, 0.3) is 0 Å². The molecule has 2 aromatic heterocycles. The van der Waals surface area contributed by atoms with Crippen molar-refractivity contribution in [1.29, 1.82) is 0 Å². The van der Waals surface area contributed by atoms with E-state index < -0.39 is 10.0 Å². The topological polar surface area (TPSA) is 97.4 Å². The molecule has 0 amide bonds. The Bertz CT molecular complexity index is 708. The quantitative estimate of drug-likeness (QED) is 0.763. The van der Waals surface area contributed by atoms with Gasteiger partial charge in [-0.3, -0.25) is 0 Å². The number of aryl methyl sites for hydroxylation is 1. The highest BCUT2D eigenvalue weighted by molar-refractivity contribution is 9.10. The van der Waals surface area contributed by atoms with Crippen LogP contribution in [0.5, 0.6) is 0 Å². The van der Waals surface area contributed by atoms with E-state index in [4.69, 9.17) is 8.83 Å². The number of rotatable bonds is 7. The second kappa shape index (κ2) is 6.73. The molecule has 7 nitrogen and oxygen atoms in total. The van der Waals surface area contributed by atoms with E-state index in [0.29, 0.717) is 30.4 Å². The van der Waals surface area contributed by atoms with Gasteiger partial charge in [-0.2, -0.15) is 0 Å². The standard InChI is InChI=1S/C12H16BrN3O4S/c1-3-8-6-15-11(19-8)7-16-21(17,18)10-4-9(5-14-2)20-12(10)13/h4,6,14,16H,3,5,7H2,1-2H3.